The van der Waals surface area contributed by atoms with Crippen molar-refractivity contribution in [2.24, 2.45) is 0 Å². The molecule has 0 bridgehead atoms. The van der Waals surface area contributed by atoms with E-state index in [9.17, 15) is 4.79 Å². The fourth-order valence-corrected chi connectivity index (χ4v) is 2.85. The van der Waals surface area contributed by atoms with Crippen molar-refractivity contribution in [3.63, 3.8) is 0 Å². The van der Waals surface area contributed by atoms with E-state index in [1.165, 1.54) is 37.3 Å². The molecule has 1 aromatic rings. The standard InChI is InChI=1S/C13H19NO3S/c1-10(4-8-14-6-2-3-7-14)17-11-5-9-18-12(11)13(15)16/h5,9-10H,2-4,6-8H2,1H3,(H,15,16). The Hall–Kier alpha value is -1.07. The van der Waals surface area contributed by atoms with Crippen LogP contribution < -0.4 is 4.74 Å². The lowest BCUT2D eigenvalue weighted by Gasteiger charge is -2.19. The Morgan fingerprint density at radius 1 is 1.56 bits per heavy atom. The summed E-state index contributed by atoms with van der Waals surface area (Å²) in [5.41, 5.74) is 0. The van der Waals surface area contributed by atoms with E-state index in [1.54, 1.807) is 11.4 Å². The number of likely N-dealkylation sites (tertiary alicyclic amines) is 1. The summed E-state index contributed by atoms with van der Waals surface area (Å²) in [7, 11) is 0. The second kappa shape index (κ2) is 6.20. The number of ether oxygens (including phenoxy) is 1. The Bertz CT molecular complexity index is 399. The van der Waals surface area contributed by atoms with Gasteiger partial charge in [0.2, 0.25) is 0 Å². The van der Waals surface area contributed by atoms with Crippen molar-refractivity contribution in [1.29, 1.82) is 0 Å². The van der Waals surface area contributed by atoms with Gasteiger partial charge in [-0.15, -0.1) is 11.3 Å². The molecule has 1 saturated heterocycles. The zero-order valence-corrected chi connectivity index (χ0v) is 11.4. The molecule has 1 aliphatic heterocycles. The molecule has 18 heavy (non-hydrogen) atoms. The first-order chi connectivity index (χ1) is 8.66. The van der Waals surface area contributed by atoms with E-state index in [4.69, 9.17) is 9.84 Å². The maximum atomic E-state index is 11.0. The molecule has 1 unspecified atom stereocenters. The van der Waals surface area contributed by atoms with Crippen molar-refractivity contribution < 1.29 is 14.6 Å². The lowest BCUT2D eigenvalue weighted by molar-refractivity contribution is 0.0695. The molecule has 0 spiro atoms. The van der Waals surface area contributed by atoms with E-state index in [1.807, 2.05) is 6.92 Å². The van der Waals surface area contributed by atoms with Crippen molar-refractivity contribution in [1.82, 2.24) is 4.90 Å². The lowest BCUT2D eigenvalue weighted by atomic mass is 10.2. The molecule has 2 rings (SSSR count). The van der Waals surface area contributed by atoms with Gasteiger partial charge in [-0.3, -0.25) is 0 Å². The number of rotatable bonds is 6. The van der Waals surface area contributed by atoms with Crippen LogP contribution in [0.2, 0.25) is 0 Å². The minimum absolute atomic E-state index is 0.0540. The minimum atomic E-state index is -0.910. The van der Waals surface area contributed by atoms with Crippen molar-refractivity contribution in [3.05, 3.63) is 16.3 Å². The summed E-state index contributed by atoms with van der Waals surface area (Å²) >= 11 is 1.21. The van der Waals surface area contributed by atoms with Crippen LogP contribution in [0, 0.1) is 0 Å². The normalized spacial score (nSPS) is 17.8. The van der Waals surface area contributed by atoms with Crippen LogP contribution in [0.5, 0.6) is 5.75 Å². The van der Waals surface area contributed by atoms with Crippen molar-refractivity contribution >= 4 is 17.3 Å². The highest BCUT2D eigenvalue weighted by Gasteiger charge is 2.17. The van der Waals surface area contributed by atoms with Gasteiger partial charge in [0.05, 0.1) is 6.10 Å². The molecule has 1 fully saturated rings. The Morgan fingerprint density at radius 3 is 2.94 bits per heavy atom. The van der Waals surface area contributed by atoms with Crippen LogP contribution in [-0.2, 0) is 0 Å². The Labute approximate surface area is 111 Å². The van der Waals surface area contributed by atoms with E-state index in [0.717, 1.165) is 13.0 Å². The number of hydrogen-bond acceptors (Lipinski definition) is 4. The highest BCUT2D eigenvalue weighted by Crippen LogP contribution is 2.26. The molecule has 0 radical (unpaired) electrons. The predicted octanol–water partition coefficient (Wildman–Crippen LogP) is 2.70. The van der Waals surface area contributed by atoms with Crippen LogP contribution in [-0.4, -0.2) is 41.7 Å². The fraction of sp³-hybridized carbons (Fsp3) is 0.615. The molecule has 0 amide bonds. The van der Waals surface area contributed by atoms with Crippen LogP contribution in [0.1, 0.15) is 35.9 Å². The number of aromatic carboxylic acids is 1. The van der Waals surface area contributed by atoms with Gasteiger partial charge in [-0.05, 0) is 50.7 Å². The average Bonchev–Trinajstić information content (AvgIpc) is 2.96. The summed E-state index contributed by atoms with van der Waals surface area (Å²) in [6.45, 7) is 5.41. The van der Waals surface area contributed by atoms with E-state index < -0.39 is 5.97 Å². The Morgan fingerprint density at radius 2 is 2.28 bits per heavy atom. The quantitative estimate of drug-likeness (QED) is 0.862. The maximum absolute atomic E-state index is 11.0. The fourth-order valence-electron chi connectivity index (χ4n) is 2.19. The first-order valence-corrected chi connectivity index (χ1v) is 7.24. The first kappa shape index (κ1) is 13.4. The van der Waals surface area contributed by atoms with Gasteiger partial charge < -0.3 is 14.7 Å². The molecule has 100 valence electrons. The molecule has 1 atom stereocenters. The lowest BCUT2D eigenvalue weighted by Crippen LogP contribution is -2.25. The topological polar surface area (TPSA) is 49.8 Å². The molecule has 0 aromatic carbocycles. The number of carboxylic acids is 1. The van der Waals surface area contributed by atoms with Crippen LogP contribution in [0.25, 0.3) is 0 Å². The highest BCUT2D eigenvalue weighted by molar-refractivity contribution is 7.12. The Kier molecular flexibility index (Phi) is 4.60. The highest BCUT2D eigenvalue weighted by atomic mass is 32.1. The smallest absolute Gasteiger partial charge is 0.349 e. The molecule has 0 aliphatic carbocycles. The summed E-state index contributed by atoms with van der Waals surface area (Å²) < 4.78 is 5.71. The first-order valence-electron chi connectivity index (χ1n) is 6.36. The van der Waals surface area contributed by atoms with Crippen molar-refractivity contribution in [3.8, 4) is 5.75 Å². The van der Waals surface area contributed by atoms with E-state index in [-0.39, 0.29) is 6.10 Å². The van der Waals surface area contributed by atoms with Crippen molar-refractivity contribution in [2.75, 3.05) is 19.6 Å². The second-order valence-electron chi connectivity index (χ2n) is 4.69. The monoisotopic (exact) mass is 269 g/mol. The zero-order chi connectivity index (χ0) is 13.0. The second-order valence-corrected chi connectivity index (χ2v) is 5.60. The number of hydrogen-bond donors (Lipinski definition) is 1. The summed E-state index contributed by atoms with van der Waals surface area (Å²) in [5.74, 6) is -0.409. The molecule has 1 aromatic heterocycles. The third-order valence-electron chi connectivity index (χ3n) is 3.20. The largest absolute Gasteiger partial charge is 0.489 e. The average molecular weight is 269 g/mol. The number of thiophene rings is 1. The number of carboxylic acid groups (broad SMARTS) is 1. The molecular formula is C13H19NO3S. The van der Waals surface area contributed by atoms with Gasteiger partial charge in [0, 0.05) is 6.54 Å². The number of nitrogens with zero attached hydrogens (tertiary/aromatic N) is 1. The van der Waals surface area contributed by atoms with E-state index in [0.29, 0.717) is 10.6 Å². The molecule has 2 heterocycles. The van der Waals surface area contributed by atoms with Gasteiger partial charge in [-0.1, -0.05) is 0 Å². The number of carbonyl (C=O) groups is 1. The van der Waals surface area contributed by atoms with Crippen LogP contribution in [0.15, 0.2) is 11.4 Å². The molecule has 1 N–H and O–H groups in total. The zero-order valence-electron chi connectivity index (χ0n) is 10.6. The van der Waals surface area contributed by atoms with Gasteiger partial charge in [-0.25, -0.2) is 4.79 Å². The van der Waals surface area contributed by atoms with Gasteiger partial charge in [0.15, 0.2) is 4.88 Å². The summed E-state index contributed by atoms with van der Waals surface area (Å²) in [4.78, 5) is 13.7. The van der Waals surface area contributed by atoms with Gasteiger partial charge in [0.25, 0.3) is 0 Å². The summed E-state index contributed by atoms with van der Waals surface area (Å²) in [6, 6.07) is 1.74. The SMILES string of the molecule is CC(CCN1CCCC1)Oc1ccsc1C(=O)O. The maximum Gasteiger partial charge on any atom is 0.349 e. The van der Waals surface area contributed by atoms with Gasteiger partial charge in [-0.2, -0.15) is 0 Å². The molecular weight excluding hydrogens is 250 g/mol. The molecule has 1 aliphatic rings. The van der Waals surface area contributed by atoms with Gasteiger partial charge >= 0.3 is 5.97 Å². The third-order valence-corrected chi connectivity index (χ3v) is 4.09. The molecule has 0 saturated carbocycles. The summed E-state index contributed by atoms with van der Waals surface area (Å²) in [6.07, 6.45) is 3.58. The van der Waals surface area contributed by atoms with Crippen LogP contribution >= 0.6 is 11.3 Å². The van der Waals surface area contributed by atoms with E-state index in [2.05, 4.69) is 4.90 Å². The third kappa shape index (κ3) is 3.46. The predicted molar refractivity (Wildman–Crippen MR) is 71.7 cm³/mol. The molecule has 4 nitrogen and oxygen atoms in total. The minimum Gasteiger partial charge on any atom is -0.489 e. The van der Waals surface area contributed by atoms with Crippen LogP contribution in [0.3, 0.4) is 0 Å². The Balaban J connectivity index is 1.80. The van der Waals surface area contributed by atoms with Crippen molar-refractivity contribution in [2.45, 2.75) is 32.3 Å². The van der Waals surface area contributed by atoms with Crippen LogP contribution in [0.4, 0.5) is 0 Å². The van der Waals surface area contributed by atoms with E-state index >= 15 is 0 Å². The summed E-state index contributed by atoms with van der Waals surface area (Å²) in [5, 5.41) is 10.7. The van der Waals surface area contributed by atoms with Gasteiger partial charge in [0.1, 0.15) is 5.75 Å². The molecule has 5 heteroatoms.